The highest BCUT2D eigenvalue weighted by Crippen LogP contribution is 2.35. The van der Waals surface area contributed by atoms with Gasteiger partial charge in [0.15, 0.2) is 0 Å². The number of nitrogens with one attached hydrogen (secondary N) is 1. The Morgan fingerprint density at radius 3 is 2.55 bits per heavy atom. The highest BCUT2D eigenvalue weighted by Gasteiger charge is 2.29. The summed E-state index contributed by atoms with van der Waals surface area (Å²) in [5, 5.41) is 3.76. The standard InChI is InChI=1S/C19H31N/c1-5-20-19(13-17-9-7-6-8-15(17)3)18-11-10-14(2)16(4)12-18/h6-9,14,16,18-20H,5,10-13H2,1-4H3. The molecule has 0 spiro atoms. The van der Waals surface area contributed by atoms with Crippen molar-refractivity contribution in [2.75, 3.05) is 6.54 Å². The van der Waals surface area contributed by atoms with E-state index in [0.29, 0.717) is 6.04 Å². The van der Waals surface area contributed by atoms with Crippen LogP contribution in [-0.2, 0) is 6.42 Å². The molecule has 1 nitrogen and oxygen atoms in total. The summed E-state index contributed by atoms with van der Waals surface area (Å²) >= 11 is 0. The van der Waals surface area contributed by atoms with Crippen LogP contribution < -0.4 is 5.32 Å². The van der Waals surface area contributed by atoms with Crippen LogP contribution in [0.5, 0.6) is 0 Å². The van der Waals surface area contributed by atoms with Crippen LogP contribution in [0.2, 0.25) is 0 Å². The highest BCUT2D eigenvalue weighted by atomic mass is 14.9. The second kappa shape index (κ2) is 7.26. The normalized spacial score (nSPS) is 28.3. The van der Waals surface area contributed by atoms with E-state index in [1.165, 1.54) is 36.8 Å². The van der Waals surface area contributed by atoms with Gasteiger partial charge in [-0.1, -0.05) is 51.5 Å². The van der Waals surface area contributed by atoms with Crippen LogP contribution in [0.25, 0.3) is 0 Å². The third-order valence-electron chi connectivity index (χ3n) is 5.38. The van der Waals surface area contributed by atoms with Crippen molar-refractivity contribution in [2.24, 2.45) is 17.8 Å². The predicted octanol–water partition coefficient (Wildman–Crippen LogP) is 4.59. The number of hydrogen-bond acceptors (Lipinski definition) is 1. The van der Waals surface area contributed by atoms with Crippen LogP contribution >= 0.6 is 0 Å². The molecule has 4 unspecified atom stereocenters. The van der Waals surface area contributed by atoms with E-state index in [-0.39, 0.29) is 0 Å². The maximum absolute atomic E-state index is 3.76. The van der Waals surface area contributed by atoms with E-state index in [1.54, 1.807) is 0 Å². The molecular formula is C19H31N. The van der Waals surface area contributed by atoms with Crippen molar-refractivity contribution >= 4 is 0 Å². The molecule has 0 radical (unpaired) electrons. The lowest BCUT2D eigenvalue weighted by Gasteiger charge is -2.37. The Morgan fingerprint density at radius 1 is 1.15 bits per heavy atom. The molecular weight excluding hydrogens is 242 g/mol. The lowest BCUT2D eigenvalue weighted by atomic mass is 9.72. The molecule has 0 aliphatic heterocycles. The summed E-state index contributed by atoms with van der Waals surface area (Å²) in [6, 6.07) is 9.51. The van der Waals surface area contributed by atoms with Crippen LogP contribution in [0.4, 0.5) is 0 Å². The Balaban J connectivity index is 2.05. The van der Waals surface area contributed by atoms with E-state index >= 15 is 0 Å². The number of rotatable bonds is 5. The second-order valence-corrected chi connectivity index (χ2v) is 6.82. The van der Waals surface area contributed by atoms with Crippen molar-refractivity contribution in [1.29, 1.82) is 0 Å². The summed E-state index contributed by atoms with van der Waals surface area (Å²) in [4.78, 5) is 0. The molecule has 20 heavy (non-hydrogen) atoms. The van der Waals surface area contributed by atoms with Crippen LogP contribution in [0, 0.1) is 24.7 Å². The maximum Gasteiger partial charge on any atom is 0.0136 e. The average molecular weight is 273 g/mol. The topological polar surface area (TPSA) is 12.0 Å². The lowest BCUT2D eigenvalue weighted by Crippen LogP contribution is -2.41. The first-order valence-corrected chi connectivity index (χ1v) is 8.39. The van der Waals surface area contributed by atoms with Gasteiger partial charge in [-0.15, -0.1) is 0 Å². The molecule has 0 heterocycles. The van der Waals surface area contributed by atoms with Gasteiger partial charge in [0.2, 0.25) is 0 Å². The van der Waals surface area contributed by atoms with Gasteiger partial charge < -0.3 is 5.32 Å². The zero-order chi connectivity index (χ0) is 14.5. The molecule has 0 aromatic heterocycles. The zero-order valence-corrected chi connectivity index (χ0v) is 13.7. The minimum atomic E-state index is 0.649. The van der Waals surface area contributed by atoms with Gasteiger partial charge in [-0.2, -0.15) is 0 Å². The van der Waals surface area contributed by atoms with Crippen molar-refractivity contribution < 1.29 is 0 Å². The summed E-state index contributed by atoms with van der Waals surface area (Å²) in [7, 11) is 0. The number of benzene rings is 1. The number of likely N-dealkylation sites (N-methyl/N-ethyl adjacent to an activating group) is 1. The minimum Gasteiger partial charge on any atom is -0.314 e. The Labute approximate surface area is 125 Å². The molecule has 0 bridgehead atoms. The van der Waals surface area contributed by atoms with Crippen LogP contribution in [-0.4, -0.2) is 12.6 Å². The van der Waals surface area contributed by atoms with Gasteiger partial charge in [0.1, 0.15) is 0 Å². The molecule has 1 fully saturated rings. The Bertz CT molecular complexity index is 412. The molecule has 112 valence electrons. The first-order chi connectivity index (χ1) is 9.61. The first kappa shape index (κ1) is 15.6. The molecule has 1 aliphatic rings. The van der Waals surface area contributed by atoms with E-state index in [4.69, 9.17) is 0 Å². The van der Waals surface area contributed by atoms with Crippen molar-refractivity contribution in [3.05, 3.63) is 35.4 Å². The van der Waals surface area contributed by atoms with Gasteiger partial charge in [0.05, 0.1) is 0 Å². The largest absolute Gasteiger partial charge is 0.314 e. The van der Waals surface area contributed by atoms with Crippen LogP contribution in [0.1, 0.15) is 51.2 Å². The van der Waals surface area contributed by atoms with Gasteiger partial charge in [-0.3, -0.25) is 0 Å². The zero-order valence-electron chi connectivity index (χ0n) is 13.7. The fraction of sp³-hybridized carbons (Fsp3) is 0.684. The molecule has 0 saturated heterocycles. The third-order valence-corrected chi connectivity index (χ3v) is 5.38. The lowest BCUT2D eigenvalue weighted by molar-refractivity contribution is 0.171. The van der Waals surface area contributed by atoms with Crippen molar-refractivity contribution in [1.82, 2.24) is 5.32 Å². The number of hydrogen-bond donors (Lipinski definition) is 1. The van der Waals surface area contributed by atoms with Gasteiger partial charge >= 0.3 is 0 Å². The fourth-order valence-corrected chi connectivity index (χ4v) is 3.70. The van der Waals surface area contributed by atoms with Crippen LogP contribution in [0.15, 0.2) is 24.3 Å². The molecule has 4 atom stereocenters. The van der Waals surface area contributed by atoms with Crippen molar-refractivity contribution in [3.8, 4) is 0 Å². The fourth-order valence-electron chi connectivity index (χ4n) is 3.70. The van der Waals surface area contributed by atoms with E-state index in [9.17, 15) is 0 Å². The summed E-state index contributed by atoms with van der Waals surface area (Å²) in [5.41, 5.74) is 2.96. The predicted molar refractivity (Wildman–Crippen MR) is 88.0 cm³/mol. The summed E-state index contributed by atoms with van der Waals surface area (Å²) in [5.74, 6) is 2.64. The van der Waals surface area contributed by atoms with E-state index in [1.807, 2.05) is 0 Å². The molecule has 0 amide bonds. The molecule has 1 saturated carbocycles. The van der Waals surface area contributed by atoms with Gasteiger partial charge in [-0.05, 0) is 61.6 Å². The molecule has 1 aromatic rings. The maximum atomic E-state index is 3.76. The summed E-state index contributed by atoms with van der Waals surface area (Å²) < 4.78 is 0. The van der Waals surface area contributed by atoms with E-state index in [0.717, 1.165) is 24.3 Å². The quantitative estimate of drug-likeness (QED) is 0.827. The SMILES string of the molecule is CCNC(Cc1ccccc1C)C1CCC(C)C(C)C1. The summed E-state index contributed by atoms with van der Waals surface area (Å²) in [6.45, 7) is 10.4. The smallest absolute Gasteiger partial charge is 0.0136 e. The van der Waals surface area contributed by atoms with Gasteiger partial charge in [0.25, 0.3) is 0 Å². The molecule has 1 aromatic carbocycles. The Kier molecular flexibility index (Phi) is 5.65. The van der Waals surface area contributed by atoms with Gasteiger partial charge in [0, 0.05) is 6.04 Å². The molecule has 1 N–H and O–H groups in total. The van der Waals surface area contributed by atoms with Crippen molar-refractivity contribution in [2.45, 2.75) is 59.4 Å². The van der Waals surface area contributed by atoms with E-state index in [2.05, 4.69) is 57.3 Å². The summed E-state index contributed by atoms with van der Waals surface area (Å²) in [6.07, 6.45) is 5.38. The second-order valence-electron chi connectivity index (χ2n) is 6.82. The molecule has 2 rings (SSSR count). The molecule has 1 heteroatoms. The Morgan fingerprint density at radius 2 is 1.90 bits per heavy atom. The van der Waals surface area contributed by atoms with Gasteiger partial charge in [-0.25, -0.2) is 0 Å². The third kappa shape index (κ3) is 3.85. The van der Waals surface area contributed by atoms with Crippen molar-refractivity contribution in [3.63, 3.8) is 0 Å². The Hall–Kier alpha value is -0.820. The molecule has 1 aliphatic carbocycles. The first-order valence-electron chi connectivity index (χ1n) is 8.39. The minimum absolute atomic E-state index is 0.649. The van der Waals surface area contributed by atoms with Crippen LogP contribution in [0.3, 0.4) is 0 Å². The highest BCUT2D eigenvalue weighted by molar-refractivity contribution is 5.26. The average Bonchev–Trinajstić information content (AvgIpc) is 2.44. The van der Waals surface area contributed by atoms with E-state index < -0.39 is 0 Å². The monoisotopic (exact) mass is 273 g/mol. The number of aryl methyl sites for hydroxylation is 1.